The quantitative estimate of drug-likeness (QED) is 0.514. The van der Waals surface area contributed by atoms with Crippen molar-refractivity contribution in [1.29, 1.82) is 0 Å². The van der Waals surface area contributed by atoms with Crippen molar-refractivity contribution in [2.45, 2.75) is 19.1 Å². The summed E-state index contributed by atoms with van der Waals surface area (Å²) in [6.07, 6.45) is -5.08. The van der Waals surface area contributed by atoms with Crippen molar-refractivity contribution in [1.82, 2.24) is 5.32 Å². The maximum Gasteiger partial charge on any atom is 0.490 e. The highest BCUT2D eigenvalue weighted by Gasteiger charge is 2.38. The van der Waals surface area contributed by atoms with E-state index in [1.54, 1.807) is 6.92 Å². The van der Waals surface area contributed by atoms with Crippen LogP contribution in [0, 0.1) is 0 Å². The molecule has 1 atom stereocenters. The zero-order valence-electron chi connectivity index (χ0n) is 8.41. The number of hydrogen-bond donors (Lipinski definition) is 4. The van der Waals surface area contributed by atoms with Crippen LogP contribution in [0.2, 0.25) is 0 Å². The lowest BCUT2D eigenvalue weighted by Gasteiger charge is -2.04. The zero-order valence-corrected chi connectivity index (χ0v) is 8.41. The van der Waals surface area contributed by atoms with Crippen LogP contribution in [0.1, 0.15) is 6.92 Å². The van der Waals surface area contributed by atoms with Crippen molar-refractivity contribution < 1.29 is 33.0 Å². The molecule has 0 bridgehead atoms. The van der Waals surface area contributed by atoms with Gasteiger partial charge in [-0.1, -0.05) is 0 Å². The molecular weight excluding hydrogens is 233 g/mol. The van der Waals surface area contributed by atoms with Crippen molar-refractivity contribution in [3.63, 3.8) is 0 Å². The van der Waals surface area contributed by atoms with Gasteiger partial charge in [0.25, 0.3) is 0 Å². The third-order valence-corrected chi connectivity index (χ3v) is 1.07. The number of hydrogen-bond acceptors (Lipinski definition) is 4. The fourth-order valence-corrected chi connectivity index (χ4v) is 0.340. The van der Waals surface area contributed by atoms with E-state index < -0.39 is 18.2 Å². The molecule has 9 heteroatoms. The fourth-order valence-electron chi connectivity index (χ4n) is 0.340. The first kappa shape index (κ1) is 17.1. The summed E-state index contributed by atoms with van der Waals surface area (Å²) in [6, 6.07) is -0.489. The van der Waals surface area contributed by atoms with Crippen LogP contribution in [0.15, 0.2) is 0 Å². The number of carboxylic acids is 1. The van der Waals surface area contributed by atoms with E-state index in [0.717, 1.165) is 0 Å². The van der Waals surface area contributed by atoms with Crippen molar-refractivity contribution >= 4 is 11.9 Å². The second-order valence-corrected chi connectivity index (χ2v) is 2.61. The largest absolute Gasteiger partial charge is 0.490 e. The maximum atomic E-state index is 10.6. The lowest BCUT2D eigenvalue weighted by molar-refractivity contribution is -0.192. The molecule has 0 aromatic carbocycles. The molecule has 0 heterocycles. The number of carboxylic acid groups (broad SMARTS) is 1. The minimum atomic E-state index is -5.08. The highest BCUT2D eigenvalue weighted by molar-refractivity contribution is 5.80. The lowest BCUT2D eigenvalue weighted by atomic mass is 10.3. The van der Waals surface area contributed by atoms with Crippen LogP contribution in [0.4, 0.5) is 13.2 Å². The van der Waals surface area contributed by atoms with Crippen LogP contribution in [0.25, 0.3) is 0 Å². The van der Waals surface area contributed by atoms with Crippen molar-refractivity contribution in [2.24, 2.45) is 5.73 Å². The molecule has 0 aromatic heterocycles. The number of alkyl halides is 3. The summed E-state index contributed by atoms with van der Waals surface area (Å²) in [5, 5.41) is 17.8. The molecule has 96 valence electrons. The first-order valence-corrected chi connectivity index (χ1v) is 4.07. The van der Waals surface area contributed by atoms with Crippen LogP contribution in [-0.4, -0.2) is 47.5 Å². The second kappa shape index (κ2) is 7.88. The van der Waals surface area contributed by atoms with E-state index in [-0.39, 0.29) is 19.1 Å². The molecular formula is C7H13F3N2O4. The van der Waals surface area contributed by atoms with E-state index in [1.807, 2.05) is 0 Å². The van der Waals surface area contributed by atoms with Gasteiger partial charge in [0.2, 0.25) is 5.91 Å². The molecule has 0 aliphatic carbocycles. The first-order chi connectivity index (χ1) is 7.12. The van der Waals surface area contributed by atoms with E-state index in [1.165, 1.54) is 0 Å². The van der Waals surface area contributed by atoms with Gasteiger partial charge in [0.05, 0.1) is 12.6 Å². The number of rotatable bonds is 3. The Balaban J connectivity index is 0. The molecule has 0 saturated heterocycles. The Bertz CT molecular complexity index is 230. The molecule has 0 radical (unpaired) electrons. The smallest absolute Gasteiger partial charge is 0.475 e. The number of aliphatic hydroxyl groups is 1. The van der Waals surface area contributed by atoms with E-state index in [2.05, 4.69) is 5.32 Å². The minimum absolute atomic E-state index is 0.0432. The Labute approximate surface area is 89.2 Å². The summed E-state index contributed by atoms with van der Waals surface area (Å²) < 4.78 is 31.7. The van der Waals surface area contributed by atoms with Crippen LogP contribution >= 0.6 is 0 Å². The van der Waals surface area contributed by atoms with Gasteiger partial charge in [0.1, 0.15) is 0 Å². The highest BCUT2D eigenvalue weighted by Crippen LogP contribution is 2.13. The van der Waals surface area contributed by atoms with Gasteiger partial charge in [0, 0.05) is 6.54 Å². The lowest BCUT2D eigenvalue weighted by Crippen LogP contribution is -2.39. The summed E-state index contributed by atoms with van der Waals surface area (Å²) in [6.45, 7) is 1.82. The van der Waals surface area contributed by atoms with E-state index in [9.17, 15) is 18.0 Å². The number of halogens is 3. The van der Waals surface area contributed by atoms with Gasteiger partial charge < -0.3 is 21.3 Å². The van der Waals surface area contributed by atoms with Gasteiger partial charge in [-0.3, -0.25) is 4.79 Å². The summed E-state index contributed by atoms with van der Waals surface area (Å²) in [7, 11) is 0. The summed E-state index contributed by atoms with van der Waals surface area (Å²) in [5.74, 6) is -2.99. The minimum Gasteiger partial charge on any atom is -0.475 e. The van der Waals surface area contributed by atoms with Crippen LogP contribution in [0.5, 0.6) is 0 Å². The van der Waals surface area contributed by atoms with Crippen molar-refractivity contribution in [3.8, 4) is 0 Å². The molecule has 0 aliphatic rings. The van der Waals surface area contributed by atoms with Gasteiger partial charge in [-0.15, -0.1) is 0 Å². The van der Waals surface area contributed by atoms with Crippen molar-refractivity contribution in [2.75, 3.05) is 13.2 Å². The third kappa shape index (κ3) is 10.7. The number of carbonyl (C=O) groups is 2. The second-order valence-electron chi connectivity index (χ2n) is 2.61. The molecule has 0 aliphatic heterocycles. The Morgan fingerprint density at radius 1 is 1.44 bits per heavy atom. The Morgan fingerprint density at radius 2 is 1.81 bits per heavy atom. The number of nitrogens with one attached hydrogen (secondary N) is 1. The van der Waals surface area contributed by atoms with Gasteiger partial charge in [-0.2, -0.15) is 13.2 Å². The van der Waals surface area contributed by atoms with Gasteiger partial charge in [-0.25, -0.2) is 4.79 Å². The average molecular weight is 246 g/mol. The number of aliphatic carboxylic acids is 1. The Kier molecular flexibility index (Phi) is 8.40. The molecule has 0 saturated carbocycles. The van der Waals surface area contributed by atoms with Gasteiger partial charge in [0.15, 0.2) is 0 Å². The van der Waals surface area contributed by atoms with Gasteiger partial charge >= 0.3 is 12.1 Å². The monoisotopic (exact) mass is 246 g/mol. The molecule has 0 rings (SSSR count). The molecule has 16 heavy (non-hydrogen) atoms. The third-order valence-electron chi connectivity index (χ3n) is 1.07. The first-order valence-electron chi connectivity index (χ1n) is 4.07. The number of carbonyl (C=O) groups excluding carboxylic acids is 1. The predicted molar refractivity (Wildman–Crippen MR) is 47.4 cm³/mol. The summed E-state index contributed by atoms with van der Waals surface area (Å²) in [4.78, 5) is 19.5. The Morgan fingerprint density at radius 3 is 2.00 bits per heavy atom. The molecule has 6 nitrogen and oxygen atoms in total. The molecule has 1 amide bonds. The number of nitrogens with two attached hydrogens (primary N) is 1. The molecule has 0 spiro atoms. The number of aliphatic hydroxyl groups excluding tert-OH is 1. The molecule has 1 unspecified atom stereocenters. The predicted octanol–water partition coefficient (Wildman–Crippen LogP) is -0.925. The molecule has 0 fully saturated rings. The highest BCUT2D eigenvalue weighted by atomic mass is 19.4. The van der Waals surface area contributed by atoms with Crippen molar-refractivity contribution in [3.05, 3.63) is 0 Å². The topological polar surface area (TPSA) is 113 Å². The molecule has 0 aromatic rings. The van der Waals surface area contributed by atoms with Crippen LogP contribution in [0.3, 0.4) is 0 Å². The van der Waals surface area contributed by atoms with E-state index >= 15 is 0 Å². The zero-order chi connectivity index (χ0) is 13.4. The normalized spacial score (nSPS) is 12.1. The summed E-state index contributed by atoms with van der Waals surface area (Å²) in [5.41, 5.74) is 5.18. The van der Waals surface area contributed by atoms with Gasteiger partial charge in [-0.05, 0) is 6.92 Å². The fraction of sp³-hybridized carbons (Fsp3) is 0.714. The number of amides is 1. The van der Waals surface area contributed by atoms with E-state index in [4.69, 9.17) is 20.7 Å². The maximum absolute atomic E-state index is 10.6. The Hall–Kier alpha value is -1.35. The van der Waals surface area contributed by atoms with E-state index in [0.29, 0.717) is 0 Å². The molecule has 5 N–H and O–H groups in total. The SMILES string of the molecule is CC(N)C(=O)NCCO.O=C(O)C(F)(F)F. The van der Waals surface area contributed by atoms with Crippen LogP contribution < -0.4 is 11.1 Å². The average Bonchev–Trinajstić information content (AvgIpc) is 2.13. The standard InChI is InChI=1S/C5H12N2O2.C2HF3O2/c1-4(6)5(9)7-2-3-8;3-2(4,5)1(6)7/h4,8H,2-3,6H2,1H3,(H,7,9);(H,6,7). The van der Waals surface area contributed by atoms with Crippen LogP contribution in [-0.2, 0) is 9.59 Å². The summed E-state index contributed by atoms with van der Waals surface area (Å²) >= 11 is 0.